The fourth-order valence-corrected chi connectivity index (χ4v) is 1.50. The number of carbonyl (C=O) groups is 1. The summed E-state index contributed by atoms with van der Waals surface area (Å²) in [5, 5.41) is 19.5. The number of nitro groups is 1. The molecule has 0 radical (unpaired) electrons. The summed E-state index contributed by atoms with van der Waals surface area (Å²) in [6, 6.07) is 1.99. The molecule has 0 saturated heterocycles. The minimum atomic E-state index is -4.76. The van der Waals surface area contributed by atoms with E-state index in [0.29, 0.717) is 0 Å². The maximum Gasteiger partial charge on any atom is 0.405 e. The van der Waals surface area contributed by atoms with E-state index in [1.807, 2.05) is 0 Å². The first-order chi connectivity index (χ1) is 9.64. The fraction of sp³-hybridized carbons (Fsp3) is 0.400. The normalized spacial score (nSPS) is 11.0. The molecule has 11 heteroatoms. The molecule has 116 valence electrons. The number of carboxylic acids is 1. The van der Waals surface area contributed by atoms with Gasteiger partial charge in [-0.05, 0) is 0 Å². The van der Waals surface area contributed by atoms with Crippen LogP contribution in [0.3, 0.4) is 0 Å². The quantitative estimate of drug-likeness (QED) is 0.626. The Morgan fingerprint density at radius 3 is 2.57 bits per heavy atom. The van der Waals surface area contributed by atoms with Crippen molar-refractivity contribution < 1.29 is 32.7 Å². The van der Waals surface area contributed by atoms with Gasteiger partial charge in [0.15, 0.2) is 0 Å². The lowest BCUT2D eigenvalue weighted by Crippen LogP contribution is -2.38. The zero-order chi connectivity index (χ0) is 16.2. The van der Waals surface area contributed by atoms with E-state index in [2.05, 4.69) is 9.72 Å². The zero-order valence-electron chi connectivity index (χ0n) is 10.6. The van der Waals surface area contributed by atoms with Crippen LogP contribution in [-0.2, 0) is 4.79 Å². The maximum atomic E-state index is 12.5. The summed E-state index contributed by atoms with van der Waals surface area (Å²) in [4.78, 5) is 24.4. The summed E-state index contributed by atoms with van der Waals surface area (Å²) >= 11 is 0. The molecule has 1 aromatic heterocycles. The summed E-state index contributed by atoms with van der Waals surface area (Å²) in [7, 11) is 1.17. The van der Waals surface area contributed by atoms with Crippen molar-refractivity contribution in [2.45, 2.75) is 6.18 Å². The van der Waals surface area contributed by atoms with Crippen LogP contribution >= 0.6 is 0 Å². The molecule has 0 fully saturated rings. The van der Waals surface area contributed by atoms with Crippen LogP contribution in [0.2, 0.25) is 0 Å². The van der Waals surface area contributed by atoms with E-state index in [1.54, 1.807) is 0 Å². The van der Waals surface area contributed by atoms with Gasteiger partial charge in [0.25, 0.3) is 0 Å². The van der Waals surface area contributed by atoms with Crippen LogP contribution < -0.4 is 9.64 Å². The van der Waals surface area contributed by atoms with E-state index >= 15 is 0 Å². The number of rotatable bonds is 6. The Hall–Kier alpha value is -2.59. The minimum Gasteiger partial charge on any atom is -0.481 e. The molecule has 0 aliphatic rings. The number of ether oxygens (including phenoxy) is 1. The third-order valence-corrected chi connectivity index (χ3v) is 2.23. The zero-order valence-corrected chi connectivity index (χ0v) is 10.6. The first-order valence-electron chi connectivity index (χ1n) is 5.37. The van der Waals surface area contributed by atoms with Gasteiger partial charge in [-0.25, -0.2) is 0 Å². The lowest BCUT2D eigenvalue weighted by Gasteiger charge is -2.22. The Morgan fingerprint density at radius 1 is 1.52 bits per heavy atom. The van der Waals surface area contributed by atoms with Crippen LogP contribution in [0.4, 0.5) is 24.7 Å². The summed E-state index contributed by atoms with van der Waals surface area (Å²) < 4.78 is 42.2. The summed E-state index contributed by atoms with van der Waals surface area (Å²) in [6.45, 7) is -2.79. The number of pyridine rings is 1. The number of anilines is 1. The highest BCUT2D eigenvalue weighted by atomic mass is 19.4. The van der Waals surface area contributed by atoms with Gasteiger partial charge in [0, 0.05) is 12.1 Å². The van der Waals surface area contributed by atoms with Gasteiger partial charge in [0.05, 0.1) is 12.0 Å². The number of halogens is 3. The van der Waals surface area contributed by atoms with Gasteiger partial charge < -0.3 is 14.7 Å². The summed E-state index contributed by atoms with van der Waals surface area (Å²) in [5.41, 5.74) is -0.749. The molecule has 0 saturated carbocycles. The minimum absolute atomic E-state index is 0.173. The Bertz CT molecular complexity index is 549. The number of alkyl halides is 3. The van der Waals surface area contributed by atoms with Crippen molar-refractivity contribution in [1.82, 2.24) is 4.98 Å². The van der Waals surface area contributed by atoms with Crippen LogP contribution in [-0.4, -0.2) is 47.4 Å². The molecule has 0 unspecified atom stereocenters. The van der Waals surface area contributed by atoms with E-state index in [4.69, 9.17) is 5.11 Å². The van der Waals surface area contributed by atoms with Crippen molar-refractivity contribution in [2.24, 2.45) is 0 Å². The number of hydrogen-bond acceptors (Lipinski definition) is 6. The van der Waals surface area contributed by atoms with Gasteiger partial charge in [-0.1, -0.05) is 0 Å². The molecule has 0 aromatic carbocycles. The third-order valence-electron chi connectivity index (χ3n) is 2.23. The van der Waals surface area contributed by atoms with Crippen molar-refractivity contribution in [3.63, 3.8) is 0 Å². The highest BCUT2D eigenvalue weighted by Gasteiger charge is 2.35. The molecule has 0 aliphatic carbocycles. The second-order valence-corrected chi connectivity index (χ2v) is 3.82. The highest BCUT2D eigenvalue weighted by molar-refractivity contribution is 5.75. The van der Waals surface area contributed by atoms with Gasteiger partial charge in [-0.3, -0.25) is 14.9 Å². The molecule has 1 heterocycles. The number of aliphatic carboxylic acids is 1. The van der Waals surface area contributed by atoms with Gasteiger partial charge in [0.2, 0.25) is 11.7 Å². The molecule has 0 aliphatic heterocycles. The van der Waals surface area contributed by atoms with Crippen LogP contribution in [0.5, 0.6) is 5.88 Å². The average molecular weight is 309 g/mol. The molecule has 0 spiro atoms. The second-order valence-electron chi connectivity index (χ2n) is 3.82. The Balaban J connectivity index is 3.32. The lowest BCUT2D eigenvalue weighted by molar-refractivity contribution is -0.384. The van der Waals surface area contributed by atoms with E-state index in [1.165, 1.54) is 7.11 Å². The molecule has 0 bridgehead atoms. The molecule has 0 atom stereocenters. The first kappa shape index (κ1) is 16.5. The highest BCUT2D eigenvalue weighted by Crippen LogP contribution is 2.30. The topological polar surface area (TPSA) is 106 Å². The fourth-order valence-electron chi connectivity index (χ4n) is 1.50. The Morgan fingerprint density at radius 2 is 2.14 bits per heavy atom. The summed E-state index contributed by atoms with van der Waals surface area (Å²) in [6.07, 6.45) is -4.76. The van der Waals surface area contributed by atoms with Gasteiger partial charge in [-0.2, -0.15) is 18.2 Å². The molecular formula is C10H10F3N3O5. The van der Waals surface area contributed by atoms with E-state index in [0.717, 1.165) is 12.1 Å². The molecule has 21 heavy (non-hydrogen) atoms. The van der Waals surface area contributed by atoms with Gasteiger partial charge in [-0.15, -0.1) is 0 Å². The van der Waals surface area contributed by atoms with Crippen molar-refractivity contribution in [3.05, 3.63) is 22.2 Å². The largest absolute Gasteiger partial charge is 0.481 e. The van der Waals surface area contributed by atoms with E-state index in [-0.39, 0.29) is 10.8 Å². The first-order valence-corrected chi connectivity index (χ1v) is 5.37. The SMILES string of the molecule is COc1ccc([N+](=O)[O-])c(N(CC(=O)O)CC(F)(F)F)n1. The second kappa shape index (κ2) is 6.24. The number of methoxy groups -OCH3 is 1. The predicted molar refractivity (Wildman–Crippen MR) is 63.3 cm³/mol. The maximum absolute atomic E-state index is 12.5. The van der Waals surface area contributed by atoms with Crippen molar-refractivity contribution in [2.75, 3.05) is 25.1 Å². The monoisotopic (exact) mass is 309 g/mol. The van der Waals surface area contributed by atoms with Crippen LogP contribution in [0.1, 0.15) is 0 Å². The number of aromatic nitrogens is 1. The van der Waals surface area contributed by atoms with Crippen molar-refractivity contribution >= 4 is 17.5 Å². The van der Waals surface area contributed by atoms with Crippen molar-refractivity contribution in [1.29, 1.82) is 0 Å². The lowest BCUT2D eigenvalue weighted by atomic mass is 10.3. The molecular weight excluding hydrogens is 299 g/mol. The third kappa shape index (κ3) is 4.78. The Kier molecular flexibility index (Phi) is 4.89. The van der Waals surface area contributed by atoms with Crippen LogP contribution in [0, 0.1) is 10.1 Å². The number of nitrogens with zero attached hydrogens (tertiary/aromatic N) is 3. The van der Waals surface area contributed by atoms with E-state index < -0.39 is 41.7 Å². The molecule has 1 rings (SSSR count). The average Bonchev–Trinajstić information content (AvgIpc) is 2.34. The van der Waals surface area contributed by atoms with Crippen molar-refractivity contribution in [3.8, 4) is 5.88 Å². The van der Waals surface area contributed by atoms with Crippen LogP contribution in [0.25, 0.3) is 0 Å². The predicted octanol–water partition coefficient (Wildman–Crippen LogP) is 1.45. The number of carboxylic acid groups (broad SMARTS) is 1. The standard InChI is InChI=1S/C10H10F3N3O5/c1-21-7-3-2-6(16(19)20)9(14-7)15(4-8(17)18)5-10(11,12)13/h2-3H,4-5H2,1H3,(H,17,18). The molecule has 8 nitrogen and oxygen atoms in total. The summed E-state index contributed by atoms with van der Waals surface area (Å²) in [5.74, 6) is -2.48. The molecule has 1 N–H and O–H groups in total. The van der Waals surface area contributed by atoms with Gasteiger partial charge in [0.1, 0.15) is 13.1 Å². The molecule has 0 amide bonds. The van der Waals surface area contributed by atoms with Gasteiger partial charge >= 0.3 is 17.8 Å². The smallest absolute Gasteiger partial charge is 0.405 e. The van der Waals surface area contributed by atoms with Crippen LogP contribution in [0.15, 0.2) is 12.1 Å². The Labute approximate surface area is 115 Å². The molecule has 1 aromatic rings. The van der Waals surface area contributed by atoms with E-state index in [9.17, 15) is 28.1 Å². The number of hydrogen-bond donors (Lipinski definition) is 1.